The first-order valence-corrected chi connectivity index (χ1v) is 8.66. The van der Waals surface area contributed by atoms with Gasteiger partial charge in [-0.15, -0.1) is 0 Å². The molecule has 1 aromatic rings. The number of aromatic nitrogens is 2. The zero-order valence-corrected chi connectivity index (χ0v) is 15.1. The Labute approximate surface area is 143 Å². The summed E-state index contributed by atoms with van der Waals surface area (Å²) in [4.78, 5) is 33.4. The van der Waals surface area contributed by atoms with Crippen molar-refractivity contribution in [3.8, 4) is 0 Å². The number of rotatable bonds is 4. The molecule has 24 heavy (non-hydrogen) atoms. The van der Waals surface area contributed by atoms with Gasteiger partial charge in [-0.25, -0.2) is 9.78 Å². The highest BCUT2D eigenvalue weighted by atomic mass is 16.2. The van der Waals surface area contributed by atoms with Gasteiger partial charge in [0, 0.05) is 36.6 Å². The molecule has 0 bridgehead atoms. The zero-order chi connectivity index (χ0) is 17.7. The highest BCUT2D eigenvalue weighted by molar-refractivity contribution is 5.78. The fraction of sp³-hybridized carbons (Fsp3) is 0.706. The van der Waals surface area contributed by atoms with E-state index in [2.05, 4.69) is 20.6 Å². The van der Waals surface area contributed by atoms with Crippen molar-refractivity contribution in [2.24, 2.45) is 0 Å². The number of aryl methyl sites for hydroxylation is 1. The molecule has 2 rings (SSSR count). The maximum Gasteiger partial charge on any atom is 0.317 e. The fourth-order valence-electron chi connectivity index (χ4n) is 2.73. The molecular formula is C17H29N5O2. The molecule has 0 radical (unpaired) electrons. The monoisotopic (exact) mass is 335 g/mol. The number of imidazole rings is 1. The molecule has 1 saturated heterocycles. The Morgan fingerprint density at radius 1 is 1.33 bits per heavy atom. The van der Waals surface area contributed by atoms with Crippen molar-refractivity contribution in [2.75, 3.05) is 13.1 Å². The number of nitrogens with zero attached hydrogens (tertiary/aromatic N) is 2. The molecule has 7 nitrogen and oxygen atoms in total. The summed E-state index contributed by atoms with van der Waals surface area (Å²) < 4.78 is 0. The molecule has 0 aromatic carbocycles. The van der Waals surface area contributed by atoms with Crippen molar-refractivity contribution in [1.82, 2.24) is 25.5 Å². The number of carbonyl (C=O) groups excluding carboxylic acids is 2. The average molecular weight is 335 g/mol. The third-order valence-electron chi connectivity index (χ3n) is 4.02. The van der Waals surface area contributed by atoms with Gasteiger partial charge in [-0.1, -0.05) is 6.92 Å². The van der Waals surface area contributed by atoms with Crippen LogP contribution in [0.15, 0.2) is 6.20 Å². The van der Waals surface area contributed by atoms with Gasteiger partial charge in [0.15, 0.2) is 0 Å². The van der Waals surface area contributed by atoms with Crippen LogP contribution < -0.4 is 10.6 Å². The largest absolute Gasteiger partial charge is 0.353 e. The smallest absolute Gasteiger partial charge is 0.317 e. The molecule has 3 N–H and O–H groups in total. The van der Waals surface area contributed by atoms with Gasteiger partial charge >= 0.3 is 6.03 Å². The summed E-state index contributed by atoms with van der Waals surface area (Å²) in [7, 11) is 0. The minimum Gasteiger partial charge on any atom is -0.353 e. The van der Waals surface area contributed by atoms with Crippen LogP contribution in [0.1, 0.15) is 52.1 Å². The van der Waals surface area contributed by atoms with Gasteiger partial charge in [0.2, 0.25) is 5.91 Å². The molecule has 1 fully saturated rings. The van der Waals surface area contributed by atoms with Crippen molar-refractivity contribution >= 4 is 11.9 Å². The van der Waals surface area contributed by atoms with E-state index in [1.54, 1.807) is 6.20 Å². The maximum absolute atomic E-state index is 12.1. The number of nitrogens with one attached hydrogen (secondary N) is 3. The Balaban J connectivity index is 1.74. The molecule has 2 heterocycles. The zero-order valence-electron chi connectivity index (χ0n) is 15.1. The predicted molar refractivity (Wildman–Crippen MR) is 92.7 cm³/mol. The molecule has 0 atom stereocenters. The number of urea groups is 1. The van der Waals surface area contributed by atoms with E-state index in [0.29, 0.717) is 18.9 Å². The number of carbonyl (C=O) groups is 2. The number of amides is 3. The predicted octanol–water partition coefficient (Wildman–Crippen LogP) is 1.60. The second kappa shape index (κ2) is 7.68. The summed E-state index contributed by atoms with van der Waals surface area (Å²) in [6.07, 6.45) is 4.48. The van der Waals surface area contributed by atoms with Gasteiger partial charge in [0.1, 0.15) is 5.82 Å². The molecule has 0 unspecified atom stereocenters. The summed E-state index contributed by atoms with van der Waals surface area (Å²) in [6, 6.07) is 0.0896. The number of likely N-dealkylation sites (tertiary alicyclic amines) is 1. The summed E-state index contributed by atoms with van der Waals surface area (Å²) in [5.74, 6) is 0.677. The van der Waals surface area contributed by atoms with E-state index in [1.807, 2.05) is 32.6 Å². The lowest BCUT2D eigenvalue weighted by Crippen LogP contribution is -2.53. The molecule has 0 aliphatic carbocycles. The molecule has 0 spiro atoms. The lowest BCUT2D eigenvalue weighted by atomic mass is 10.0. The second-order valence-electron chi connectivity index (χ2n) is 7.39. The number of piperidine rings is 1. The van der Waals surface area contributed by atoms with Gasteiger partial charge in [-0.2, -0.15) is 0 Å². The number of hydrogen-bond donors (Lipinski definition) is 3. The Morgan fingerprint density at radius 3 is 2.54 bits per heavy atom. The van der Waals surface area contributed by atoms with E-state index in [-0.39, 0.29) is 29.9 Å². The van der Waals surface area contributed by atoms with E-state index >= 15 is 0 Å². The number of aromatic amines is 1. The Kier molecular flexibility index (Phi) is 5.85. The number of H-pyrrole nitrogens is 1. The van der Waals surface area contributed by atoms with Crippen molar-refractivity contribution in [3.63, 3.8) is 0 Å². The molecule has 1 aromatic heterocycles. The topological polar surface area (TPSA) is 90.1 Å². The average Bonchev–Trinajstić information content (AvgIpc) is 2.93. The SMILES string of the molecule is CCc1cnc(CC(=O)NC2CCN(C(=O)NC(C)(C)C)CC2)[nH]1. The van der Waals surface area contributed by atoms with E-state index in [9.17, 15) is 9.59 Å². The first kappa shape index (κ1) is 18.3. The molecule has 7 heteroatoms. The van der Waals surface area contributed by atoms with Crippen LogP contribution in [0.25, 0.3) is 0 Å². The summed E-state index contributed by atoms with van der Waals surface area (Å²) in [5, 5.41) is 6.02. The van der Waals surface area contributed by atoms with Crippen LogP contribution in [0.3, 0.4) is 0 Å². The van der Waals surface area contributed by atoms with Crippen molar-refractivity contribution in [2.45, 2.75) is 65.0 Å². The minimum atomic E-state index is -0.234. The van der Waals surface area contributed by atoms with E-state index in [0.717, 1.165) is 25.0 Å². The molecule has 134 valence electrons. The third kappa shape index (κ3) is 5.54. The van der Waals surface area contributed by atoms with Crippen LogP contribution in [-0.2, 0) is 17.6 Å². The first-order valence-electron chi connectivity index (χ1n) is 8.66. The molecule has 1 aliphatic rings. The van der Waals surface area contributed by atoms with Gasteiger partial charge in [-0.3, -0.25) is 4.79 Å². The highest BCUT2D eigenvalue weighted by Gasteiger charge is 2.26. The van der Waals surface area contributed by atoms with Gasteiger partial charge in [-0.05, 0) is 40.0 Å². The molecular weight excluding hydrogens is 306 g/mol. The van der Waals surface area contributed by atoms with Crippen LogP contribution in [0.4, 0.5) is 4.79 Å². The van der Waals surface area contributed by atoms with Crippen LogP contribution in [0.2, 0.25) is 0 Å². The minimum absolute atomic E-state index is 0.0235. The van der Waals surface area contributed by atoms with Gasteiger partial charge < -0.3 is 20.5 Å². The summed E-state index contributed by atoms with van der Waals surface area (Å²) in [5.41, 5.74) is 0.804. The maximum atomic E-state index is 12.1. The van der Waals surface area contributed by atoms with Crippen molar-refractivity contribution in [3.05, 3.63) is 17.7 Å². The van der Waals surface area contributed by atoms with Crippen LogP contribution in [-0.4, -0.2) is 51.5 Å². The second-order valence-corrected chi connectivity index (χ2v) is 7.39. The Bertz CT molecular complexity index is 568. The van der Waals surface area contributed by atoms with E-state index in [1.165, 1.54) is 0 Å². The standard InChI is InChI=1S/C17H29N5O2/c1-5-12-11-18-14(19-12)10-15(23)20-13-6-8-22(9-7-13)16(24)21-17(2,3)4/h11,13H,5-10H2,1-4H3,(H,18,19)(H,20,23)(H,21,24). The van der Waals surface area contributed by atoms with Gasteiger partial charge in [0.05, 0.1) is 6.42 Å². The van der Waals surface area contributed by atoms with Crippen molar-refractivity contribution < 1.29 is 9.59 Å². The van der Waals surface area contributed by atoms with Crippen LogP contribution in [0, 0.1) is 0 Å². The lowest BCUT2D eigenvalue weighted by Gasteiger charge is -2.34. The fourth-order valence-corrected chi connectivity index (χ4v) is 2.73. The lowest BCUT2D eigenvalue weighted by molar-refractivity contribution is -0.121. The van der Waals surface area contributed by atoms with E-state index in [4.69, 9.17) is 0 Å². The Hall–Kier alpha value is -2.05. The Morgan fingerprint density at radius 2 is 2.00 bits per heavy atom. The quantitative estimate of drug-likeness (QED) is 0.781. The van der Waals surface area contributed by atoms with Crippen LogP contribution in [0.5, 0.6) is 0 Å². The third-order valence-corrected chi connectivity index (χ3v) is 4.02. The first-order chi connectivity index (χ1) is 11.3. The van der Waals surface area contributed by atoms with Crippen molar-refractivity contribution in [1.29, 1.82) is 0 Å². The summed E-state index contributed by atoms with van der Waals surface area (Å²) >= 11 is 0. The summed E-state index contributed by atoms with van der Waals surface area (Å²) in [6.45, 7) is 9.27. The van der Waals surface area contributed by atoms with Crippen LogP contribution >= 0.6 is 0 Å². The molecule has 3 amide bonds. The highest BCUT2D eigenvalue weighted by Crippen LogP contribution is 2.12. The normalized spacial score (nSPS) is 16.1. The van der Waals surface area contributed by atoms with Gasteiger partial charge in [0.25, 0.3) is 0 Å². The number of hydrogen-bond acceptors (Lipinski definition) is 3. The molecule has 0 saturated carbocycles. The molecule has 1 aliphatic heterocycles. The van der Waals surface area contributed by atoms with E-state index < -0.39 is 0 Å².